The third-order valence-corrected chi connectivity index (χ3v) is 3.46. The molecule has 0 saturated carbocycles. The highest BCUT2D eigenvalue weighted by Gasteiger charge is 2.16. The number of hydrogen-bond donors (Lipinski definition) is 2. The van der Waals surface area contributed by atoms with Gasteiger partial charge in [0.15, 0.2) is 11.5 Å². The molecule has 1 aromatic rings. The van der Waals surface area contributed by atoms with Gasteiger partial charge < -0.3 is 24.8 Å². The van der Waals surface area contributed by atoms with Crippen molar-refractivity contribution < 1.29 is 23.8 Å². The summed E-state index contributed by atoms with van der Waals surface area (Å²) in [4.78, 5) is 23.6. The number of ether oxygens (including phenoxy) is 3. The summed E-state index contributed by atoms with van der Waals surface area (Å²) >= 11 is 5.52. The smallest absolute Gasteiger partial charge is 0.251 e. The summed E-state index contributed by atoms with van der Waals surface area (Å²) in [5, 5.41) is 5.42. The molecule has 1 aromatic carbocycles. The van der Waals surface area contributed by atoms with E-state index in [4.69, 9.17) is 25.8 Å². The molecule has 134 valence electrons. The van der Waals surface area contributed by atoms with Crippen LogP contribution in [0.25, 0.3) is 0 Å². The first kappa shape index (κ1) is 19.9. The second kappa shape index (κ2) is 10.6. The first-order chi connectivity index (χ1) is 11.6. The highest BCUT2D eigenvalue weighted by Crippen LogP contribution is 2.38. The molecular weight excluding hydrogens is 336 g/mol. The fraction of sp³-hybridized carbons (Fsp3) is 0.500. The van der Waals surface area contributed by atoms with Crippen LogP contribution in [0.3, 0.4) is 0 Å². The Labute approximate surface area is 146 Å². The van der Waals surface area contributed by atoms with E-state index in [9.17, 15) is 9.59 Å². The normalized spacial score (nSPS) is 10.0. The van der Waals surface area contributed by atoms with Gasteiger partial charge >= 0.3 is 0 Å². The number of amides is 2. The predicted molar refractivity (Wildman–Crippen MR) is 91.4 cm³/mol. The molecule has 0 aliphatic rings. The molecule has 7 nitrogen and oxygen atoms in total. The number of rotatable bonds is 10. The molecule has 8 heteroatoms. The van der Waals surface area contributed by atoms with Crippen LogP contribution in [0.5, 0.6) is 17.2 Å². The Balaban J connectivity index is 2.60. The minimum atomic E-state index is -0.302. The molecule has 1 rings (SSSR count). The highest BCUT2D eigenvalue weighted by molar-refractivity contribution is 6.17. The fourth-order valence-electron chi connectivity index (χ4n) is 2.01. The zero-order chi connectivity index (χ0) is 17.9. The summed E-state index contributed by atoms with van der Waals surface area (Å²) < 4.78 is 15.6. The molecule has 0 heterocycles. The Morgan fingerprint density at radius 2 is 1.58 bits per heavy atom. The van der Waals surface area contributed by atoms with E-state index in [-0.39, 0.29) is 11.8 Å². The van der Waals surface area contributed by atoms with Gasteiger partial charge in [-0.1, -0.05) is 0 Å². The standard InChI is InChI=1S/C16H23ClN2O5/c1-22-12-9-11(10-13(23-2)15(12)24-3)16(21)19-8-7-18-14(20)5-4-6-17/h9-10H,4-8H2,1-3H3,(H,18,20)(H,19,21). The summed E-state index contributed by atoms with van der Waals surface area (Å²) in [5.74, 6) is 1.28. The van der Waals surface area contributed by atoms with Gasteiger partial charge in [-0.25, -0.2) is 0 Å². The summed E-state index contributed by atoms with van der Waals surface area (Å²) in [6.07, 6.45) is 1.01. The molecule has 0 spiro atoms. The quantitative estimate of drug-likeness (QED) is 0.490. The van der Waals surface area contributed by atoms with Gasteiger partial charge in [-0.05, 0) is 18.6 Å². The van der Waals surface area contributed by atoms with Crippen LogP contribution < -0.4 is 24.8 Å². The van der Waals surface area contributed by atoms with Gasteiger partial charge in [-0.2, -0.15) is 0 Å². The molecule has 0 fully saturated rings. The van der Waals surface area contributed by atoms with Crippen LogP contribution in [-0.2, 0) is 4.79 Å². The molecule has 2 amide bonds. The lowest BCUT2D eigenvalue weighted by Crippen LogP contribution is -2.34. The van der Waals surface area contributed by atoms with E-state index in [1.807, 2.05) is 0 Å². The Morgan fingerprint density at radius 1 is 1.00 bits per heavy atom. The lowest BCUT2D eigenvalue weighted by molar-refractivity contribution is -0.121. The minimum Gasteiger partial charge on any atom is -0.493 e. The number of carbonyl (C=O) groups is 2. The van der Waals surface area contributed by atoms with Crippen molar-refractivity contribution in [1.82, 2.24) is 10.6 Å². The summed E-state index contributed by atoms with van der Waals surface area (Å²) in [7, 11) is 4.46. The van der Waals surface area contributed by atoms with Crippen molar-refractivity contribution in [2.45, 2.75) is 12.8 Å². The van der Waals surface area contributed by atoms with Gasteiger partial charge in [-0.15, -0.1) is 11.6 Å². The number of methoxy groups -OCH3 is 3. The van der Waals surface area contributed by atoms with E-state index in [1.54, 1.807) is 12.1 Å². The number of hydrogen-bond acceptors (Lipinski definition) is 5. The fourth-order valence-corrected chi connectivity index (χ4v) is 2.14. The van der Waals surface area contributed by atoms with Crippen LogP contribution in [0.15, 0.2) is 12.1 Å². The number of halogens is 1. The first-order valence-electron chi connectivity index (χ1n) is 7.48. The van der Waals surface area contributed by atoms with Crippen LogP contribution in [-0.4, -0.2) is 52.1 Å². The van der Waals surface area contributed by atoms with Crippen molar-refractivity contribution in [2.75, 3.05) is 40.3 Å². The molecule has 0 aromatic heterocycles. The zero-order valence-electron chi connectivity index (χ0n) is 14.1. The molecule has 0 aliphatic heterocycles. The topological polar surface area (TPSA) is 85.9 Å². The van der Waals surface area contributed by atoms with Crippen LogP contribution in [0.1, 0.15) is 23.2 Å². The number of alkyl halides is 1. The van der Waals surface area contributed by atoms with E-state index in [0.717, 1.165) is 0 Å². The molecule has 2 N–H and O–H groups in total. The lowest BCUT2D eigenvalue weighted by atomic mass is 10.1. The summed E-state index contributed by atoms with van der Waals surface area (Å²) in [6.45, 7) is 0.652. The largest absolute Gasteiger partial charge is 0.493 e. The zero-order valence-corrected chi connectivity index (χ0v) is 14.9. The number of carbonyl (C=O) groups excluding carboxylic acids is 2. The third-order valence-electron chi connectivity index (χ3n) is 3.20. The van der Waals surface area contributed by atoms with Crippen molar-refractivity contribution >= 4 is 23.4 Å². The van der Waals surface area contributed by atoms with E-state index >= 15 is 0 Å². The predicted octanol–water partition coefficient (Wildman–Crippen LogP) is 1.58. The van der Waals surface area contributed by atoms with E-state index in [2.05, 4.69) is 10.6 Å². The average molecular weight is 359 g/mol. The molecule has 0 atom stereocenters. The first-order valence-corrected chi connectivity index (χ1v) is 8.01. The molecule has 0 aliphatic carbocycles. The van der Waals surface area contributed by atoms with Crippen molar-refractivity contribution in [1.29, 1.82) is 0 Å². The second-order valence-electron chi connectivity index (χ2n) is 4.81. The maximum Gasteiger partial charge on any atom is 0.251 e. The maximum atomic E-state index is 12.2. The van der Waals surface area contributed by atoms with E-state index in [1.165, 1.54) is 21.3 Å². The highest BCUT2D eigenvalue weighted by atomic mass is 35.5. The third kappa shape index (κ3) is 5.81. The van der Waals surface area contributed by atoms with Crippen molar-refractivity contribution in [3.8, 4) is 17.2 Å². The van der Waals surface area contributed by atoms with Crippen molar-refractivity contribution in [2.24, 2.45) is 0 Å². The van der Waals surface area contributed by atoms with Gasteiger partial charge in [0, 0.05) is 31.0 Å². The summed E-state index contributed by atoms with van der Waals surface area (Å²) in [5.41, 5.74) is 0.373. The molecule has 0 unspecified atom stereocenters. The van der Waals surface area contributed by atoms with Crippen LogP contribution >= 0.6 is 11.6 Å². The van der Waals surface area contributed by atoms with Crippen molar-refractivity contribution in [3.05, 3.63) is 17.7 Å². The Kier molecular flexibility index (Phi) is 8.78. The number of nitrogens with one attached hydrogen (secondary N) is 2. The van der Waals surface area contributed by atoms with Gasteiger partial charge in [0.05, 0.1) is 21.3 Å². The molecular formula is C16H23ClN2O5. The SMILES string of the molecule is COc1cc(C(=O)NCCNC(=O)CCCCl)cc(OC)c1OC. The van der Waals surface area contributed by atoms with Gasteiger partial charge in [0.2, 0.25) is 11.7 Å². The molecule has 24 heavy (non-hydrogen) atoms. The average Bonchev–Trinajstić information content (AvgIpc) is 2.61. The second-order valence-corrected chi connectivity index (χ2v) is 5.19. The number of benzene rings is 1. The van der Waals surface area contributed by atoms with Gasteiger partial charge in [0.25, 0.3) is 5.91 Å². The van der Waals surface area contributed by atoms with Crippen LogP contribution in [0, 0.1) is 0 Å². The molecule has 0 saturated heterocycles. The summed E-state index contributed by atoms with van der Waals surface area (Å²) in [6, 6.07) is 3.13. The van der Waals surface area contributed by atoms with Gasteiger partial charge in [-0.3, -0.25) is 9.59 Å². The lowest BCUT2D eigenvalue weighted by Gasteiger charge is -2.14. The molecule has 0 bridgehead atoms. The van der Waals surface area contributed by atoms with Crippen LogP contribution in [0.4, 0.5) is 0 Å². The van der Waals surface area contributed by atoms with Crippen LogP contribution in [0.2, 0.25) is 0 Å². The molecule has 0 radical (unpaired) electrons. The Morgan fingerprint density at radius 3 is 2.08 bits per heavy atom. The monoisotopic (exact) mass is 358 g/mol. The maximum absolute atomic E-state index is 12.2. The van der Waals surface area contributed by atoms with Crippen molar-refractivity contribution in [3.63, 3.8) is 0 Å². The minimum absolute atomic E-state index is 0.0855. The van der Waals surface area contributed by atoms with Gasteiger partial charge in [0.1, 0.15) is 0 Å². The van der Waals surface area contributed by atoms with E-state index in [0.29, 0.717) is 54.6 Å². The Hall–Kier alpha value is -2.15. The Bertz CT molecular complexity index is 540. The van der Waals surface area contributed by atoms with E-state index < -0.39 is 0 Å².